The smallest absolute Gasteiger partial charge is 0.251 e. The van der Waals surface area contributed by atoms with Crippen molar-refractivity contribution in [2.75, 3.05) is 24.0 Å². The van der Waals surface area contributed by atoms with Gasteiger partial charge >= 0.3 is 0 Å². The number of nitrogens with one attached hydrogen (secondary N) is 4. The minimum absolute atomic E-state index is 0.112. The van der Waals surface area contributed by atoms with Crippen molar-refractivity contribution in [3.63, 3.8) is 0 Å². The molecule has 5 rings (SSSR count). The van der Waals surface area contributed by atoms with Gasteiger partial charge in [0.1, 0.15) is 0 Å². The number of fused-ring (bicyclic) bond motifs is 2. The Morgan fingerprint density at radius 3 is 2.71 bits per heavy atom. The van der Waals surface area contributed by atoms with E-state index in [0.29, 0.717) is 12.1 Å². The highest BCUT2D eigenvalue weighted by atomic mass is 16.2. The van der Waals surface area contributed by atoms with Gasteiger partial charge in [-0.3, -0.25) is 19.6 Å². The molecule has 4 N–H and O–H groups in total. The quantitative estimate of drug-likeness (QED) is 0.331. The largest absolute Gasteiger partial charge is 0.359 e. The van der Waals surface area contributed by atoms with Gasteiger partial charge < -0.3 is 16.1 Å². The van der Waals surface area contributed by atoms with Crippen LogP contribution in [0.15, 0.2) is 72.9 Å². The lowest BCUT2D eigenvalue weighted by atomic mass is 10.1. The van der Waals surface area contributed by atoms with Crippen LogP contribution in [0.25, 0.3) is 22.2 Å². The summed E-state index contributed by atoms with van der Waals surface area (Å²) in [5.74, 6) is 0.469. The molecule has 2 aromatic carbocycles. The van der Waals surface area contributed by atoms with Gasteiger partial charge in [-0.15, -0.1) is 5.53 Å². The zero-order chi connectivity index (χ0) is 24.2. The lowest BCUT2D eigenvalue weighted by molar-refractivity contribution is -0.120. The molecular formula is C26H25N7O2. The summed E-state index contributed by atoms with van der Waals surface area (Å²) in [6, 6.07) is 21.4. The number of aromatic nitrogens is 2. The van der Waals surface area contributed by atoms with Crippen LogP contribution in [-0.4, -0.2) is 35.4 Å². The van der Waals surface area contributed by atoms with Gasteiger partial charge in [-0.05, 0) is 48.0 Å². The Kier molecular flexibility index (Phi) is 6.23. The van der Waals surface area contributed by atoms with Crippen LogP contribution in [0.5, 0.6) is 0 Å². The summed E-state index contributed by atoms with van der Waals surface area (Å²) in [6.07, 6.45) is 2.04. The SMILES string of the molecule is CNC(=O)CCNC(=O)c1ccc(-c2ccc3c(n2)N(Cc2ccc4ncccc4c2)NN3)cc1. The number of carbonyl (C=O) groups is 2. The lowest BCUT2D eigenvalue weighted by Gasteiger charge is -2.17. The number of benzene rings is 2. The molecule has 1 aliphatic rings. The fraction of sp³-hybridized carbons (Fsp3) is 0.154. The fourth-order valence-electron chi connectivity index (χ4n) is 3.92. The van der Waals surface area contributed by atoms with Gasteiger partial charge in [0, 0.05) is 42.7 Å². The Bertz CT molecular complexity index is 1390. The highest BCUT2D eigenvalue weighted by Gasteiger charge is 2.21. The van der Waals surface area contributed by atoms with E-state index in [1.165, 1.54) is 0 Å². The molecule has 0 unspecified atom stereocenters. The predicted octanol–water partition coefficient (Wildman–Crippen LogP) is 3.01. The first kappa shape index (κ1) is 22.3. The Hall–Kier alpha value is -4.50. The zero-order valence-corrected chi connectivity index (χ0v) is 19.2. The van der Waals surface area contributed by atoms with Crippen molar-refractivity contribution in [2.45, 2.75) is 13.0 Å². The Labute approximate surface area is 202 Å². The lowest BCUT2D eigenvalue weighted by Crippen LogP contribution is -2.35. The van der Waals surface area contributed by atoms with E-state index in [0.717, 1.165) is 39.2 Å². The van der Waals surface area contributed by atoms with Crippen LogP contribution in [0.2, 0.25) is 0 Å². The molecule has 9 nitrogen and oxygen atoms in total. The number of carbonyl (C=O) groups excluding carboxylic acids is 2. The molecule has 0 atom stereocenters. The third-order valence-corrected chi connectivity index (χ3v) is 5.82. The number of rotatable bonds is 7. The number of anilines is 2. The third kappa shape index (κ3) is 4.90. The topological polar surface area (TPSA) is 111 Å². The van der Waals surface area contributed by atoms with Gasteiger partial charge in [0.15, 0.2) is 5.82 Å². The van der Waals surface area contributed by atoms with E-state index < -0.39 is 0 Å². The van der Waals surface area contributed by atoms with Crippen molar-refractivity contribution < 1.29 is 9.59 Å². The van der Waals surface area contributed by atoms with E-state index in [4.69, 9.17) is 4.98 Å². The van der Waals surface area contributed by atoms with Gasteiger partial charge in [0.2, 0.25) is 5.91 Å². The molecule has 3 heterocycles. The Balaban J connectivity index is 1.29. The summed E-state index contributed by atoms with van der Waals surface area (Å²) in [6.45, 7) is 0.909. The molecule has 35 heavy (non-hydrogen) atoms. The maximum Gasteiger partial charge on any atom is 0.251 e. The number of nitrogens with zero attached hydrogens (tertiary/aromatic N) is 3. The second-order valence-electron chi connectivity index (χ2n) is 8.18. The molecule has 0 saturated carbocycles. The van der Waals surface area contributed by atoms with Gasteiger partial charge in [-0.25, -0.2) is 4.98 Å². The number of pyridine rings is 2. The van der Waals surface area contributed by atoms with Crippen molar-refractivity contribution in [3.8, 4) is 11.3 Å². The predicted molar refractivity (Wildman–Crippen MR) is 135 cm³/mol. The van der Waals surface area contributed by atoms with Crippen molar-refractivity contribution in [1.82, 2.24) is 26.1 Å². The number of hydrazine groups is 2. The van der Waals surface area contributed by atoms with Gasteiger partial charge in [-0.2, -0.15) is 0 Å². The zero-order valence-electron chi connectivity index (χ0n) is 19.2. The molecule has 2 amide bonds. The first-order chi connectivity index (χ1) is 17.1. The minimum Gasteiger partial charge on any atom is -0.359 e. The van der Waals surface area contributed by atoms with Crippen molar-refractivity contribution in [3.05, 3.63) is 84.1 Å². The first-order valence-corrected chi connectivity index (χ1v) is 11.3. The maximum absolute atomic E-state index is 12.3. The number of amides is 2. The molecule has 0 aliphatic carbocycles. The maximum atomic E-state index is 12.3. The second kappa shape index (κ2) is 9.78. The molecule has 0 spiro atoms. The number of hydrogen-bond donors (Lipinski definition) is 4. The van der Waals surface area contributed by atoms with Crippen molar-refractivity contribution in [2.24, 2.45) is 0 Å². The van der Waals surface area contributed by atoms with Crippen molar-refractivity contribution >= 4 is 34.2 Å². The van der Waals surface area contributed by atoms with E-state index in [-0.39, 0.29) is 24.8 Å². The van der Waals surface area contributed by atoms with Gasteiger partial charge in [0.25, 0.3) is 5.91 Å². The van der Waals surface area contributed by atoms with Gasteiger partial charge in [0.05, 0.1) is 23.4 Å². The van der Waals surface area contributed by atoms with Crippen LogP contribution >= 0.6 is 0 Å². The average molecular weight is 468 g/mol. The monoisotopic (exact) mass is 467 g/mol. The molecule has 176 valence electrons. The molecule has 0 bridgehead atoms. The second-order valence-corrected chi connectivity index (χ2v) is 8.18. The standard InChI is InChI=1S/C26H25N7O2/c1-27-24(34)12-14-29-26(35)19-7-5-18(6-8-19)22-10-11-23-25(30-22)33(32-31-23)16-17-4-9-21-20(15-17)3-2-13-28-21/h2-11,13,15,31-32H,12,14,16H2,1H3,(H,27,34)(H,29,35). The Morgan fingerprint density at radius 1 is 1.03 bits per heavy atom. The summed E-state index contributed by atoms with van der Waals surface area (Å²) in [5, 5.41) is 8.35. The van der Waals surface area contributed by atoms with Crippen LogP contribution < -0.4 is 26.6 Å². The summed E-state index contributed by atoms with van der Waals surface area (Å²) in [4.78, 5) is 32.9. The molecule has 2 aromatic heterocycles. The highest BCUT2D eigenvalue weighted by Crippen LogP contribution is 2.31. The van der Waals surface area contributed by atoms with E-state index in [2.05, 4.69) is 44.8 Å². The van der Waals surface area contributed by atoms with Crippen LogP contribution in [-0.2, 0) is 11.3 Å². The summed E-state index contributed by atoms with van der Waals surface area (Å²) >= 11 is 0. The molecule has 1 aliphatic heterocycles. The molecule has 0 fully saturated rings. The molecule has 4 aromatic rings. The number of hydrogen-bond acceptors (Lipinski definition) is 7. The third-order valence-electron chi connectivity index (χ3n) is 5.82. The molecular weight excluding hydrogens is 442 g/mol. The van der Waals surface area contributed by atoms with E-state index in [9.17, 15) is 9.59 Å². The summed E-state index contributed by atoms with van der Waals surface area (Å²) in [7, 11) is 1.57. The van der Waals surface area contributed by atoms with Gasteiger partial charge in [-0.1, -0.05) is 24.3 Å². The van der Waals surface area contributed by atoms with E-state index >= 15 is 0 Å². The van der Waals surface area contributed by atoms with Crippen molar-refractivity contribution in [1.29, 1.82) is 0 Å². The first-order valence-electron chi connectivity index (χ1n) is 11.3. The molecule has 0 saturated heterocycles. The Morgan fingerprint density at radius 2 is 1.89 bits per heavy atom. The van der Waals surface area contributed by atoms with E-state index in [1.807, 2.05) is 41.4 Å². The normalized spacial score (nSPS) is 12.2. The van der Waals surface area contributed by atoms with Crippen LogP contribution in [0.3, 0.4) is 0 Å². The minimum atomic E-state index is -0.215. The highest BCUT2D eigenvalue weighted by molar-refractivity contribution is 5.95. The summed E-state index contributed by atoms with van der Waals surface area (Å²) < 4.78 is 0. The van der Waals surface area contributed by atoms with Crippen LogP contribution in [0.4, 0.5) is 11.5 Å². The van der Waals surface area contributed by atoms with E-state index in [1.54, 1.807) is 25.4 Å². The molecule has 9 heteroatoms. The van der Waals surface area contributed by atoms with Crippen LogP contribution in [0.1, 0.15) is 22.3 Å². The summed E-state index contributed by atoms with van der Waals surface area (Å²) in [5.41, 5.74) is 11.6. The average Bonchev–Trinajstić information content (AvgIpc) is 3.30. The van der Waals surface area contributed by atoms with Crippen LogP contribution in [0, 0.1) is 0 Å². The fourth-order valence-corrected chi connectivity index (χ4v) is 3.92. The molecule has 0 radical (unpaired) electrons.